The molecule has 0 unspecified atom stereocenters. The fourth-order valence-corrected chi connectivity index (χ4v) is 3.69. The van der Waals surface area contributed by atoms with Gasteiger partial charge in [-0.05, 0) is 36.6 Å². The van der Waals surface area contributed by atoms with Crippen LogP contribution in [0.25, 0.3) is 0 Å². The van der Waals surface area contributed by atoms with Crippen LogP contribution in [0, 0.1) is 5.82 Å². The Bertz CT molecular complexity index is 855. The molecule has 2 amide bonds. The zero-order valence-electron chi connectivity index (χ0n) is 16.9. The quantitative estimate of drug-likeness (QED) is 0.688. The van der Waals surface area contributed by atoms with Gasteiger partial charge in [-0.3, -0.25) is 14.5 Å². The summed E-state index contributed by atoms with van der Waals surface area (Å²) in [5, 5.41) is 2.87. The van der Waals surface area contributed by atoms with Crippen molar-refractivity contribution in [2.24, 2.45) is 0 Å². The molecule has 0 radical (unpaired) electrons. The second-order valence-electron chi connectivity index (χ2n) is 7.48. The van der Waals surface area contributed by atoms with E-state index in [0.717, 1.165) is 25.9 Å². The number of aryl methyl sites for hydroxylation is 1. The molecule has 7 heteroatoms. The van der Waals surface area contributed by atoms with E-state index in [0.29, 0.717) is 26.1 Å². The molecule has 1 fully saturated rings. The van der Waals surface area contributed by atoms with E-state index in [-0.39, 0.29) is 28.9 Å². The highest BCUT2D eigenvalue weighted by atomic mass is 35.5. The van der Waals surface area contributed by atoms with Crippen molar-refractivity contribution >= 4 is 29.1 Å². The van der Waals surface area contributed by atoms with E-state index in [4.69, 9.17) is 11.6 Å². The Kier molecular flexibility index (Phi) is 8.22. The lowest BCUT2D eigenvalue weighted by Gasteiger charge is -2.34. The summed E-state index contributed by atoms with van der Waals surface area (Å²) in [7, 11) is 0. The van der Waals surface area contributed by atoms with Crippen molar-refractivity contribution in [3.05, 3.63) is 64.9 Å². The smallest absolute Gasteiger partial charge is 0.225 e. The number of halogens is 2. The maximum Gasteiger partial charge on any atom is 0.225 e. The third-order valence-corrected chi connectivity index (χ3v) is 5.52. The molecule has 0 saturated carbocycles. The Hall–Kier alpha value is -2.44. The molecule has 30 heavy (non-hydrogen) atoms. The topological polar surface area (TPSA) is 52.7 Å². The fourth-order valence-electron chi connectivity index (χ4n) is 3.53. The highest BCUT2D eigenvalue weighted by Crippen LogP contribution is 2.19. The van der Waals surface area contributed by atoms with Gasteiger partial charge < -0.3 is 10.2 Å². The van der Waals surface area contributed by atoms with Crippen molar-refractivity contribution in [1.29, 1.82) is 0 Å². The standard InChI is InChI=1S/C23H27ClFN3O2/c24-19-9-10-21(20(25)17-19)26-22(29)11-12-27-13-15-28(16-14-27)23(30)8-4-7-18-5-2-1-3-6-18/h1-3,5-6,9-10,17H,4,7-8,11-16H2,(H,26,29). The number of anilines is 1. The summed E-state index contributed by atoms with van der Waals surface area (Å²) in [6, 6.07) is 14.4. The first-order valence-electron chi connectivity index (χ1n) is 10.3. The van der Waals surface area contributed by atoms with Gasteiger partial charge in [0, 0.05) is 50.6 Å². The predicted octanol–water partition coefficient (Wildman–Crippen LogP) is 3.97. The minimum absolute atomic E-state index is 0.135. The van der Waals surface area contributed by atoms with Crippen LogP contribution in [0.1, 0.15) is 24.8 Å². The van der Waals surface area contributed by atoms with Crippen molar-refractivity contribution in [3.8, 4) is 0 Å². The summed E-state index contributed by atoms with van der Waals surface area (Å²) in [5.74, 6) is -0.590. The van der Waals surface area contributed by atoms with Crippen molar-refractivity contribution in [2.75, 3.05) is 38.0 Å². The Morgan fingerprint density at radius 3 is 2.43 bits per heavy atom. The average Bonchev–Trinajstić information content (AvgIpc) is 2.75. The van der Waals surface area contributed by atoms with Crippen LogP contribution in [0.3, 0.4) is 0 Å². The molecule has 2 aromatic carbocycles. The maximum atomic E-state index is 13.8. The molecule has 0 aliphatic carbocycles. The number of piperazine rings is 1. The Morgan fingerprint density at radius 2 is 1.73 bits per heavy atom. The molecule has 0 aromatic heterocycles. The van der Waals surface area contributed by atoms with Gasteiger partial charge in [0.1, 0.15) is 5.82 Å². The van der Waals surface area contributed by atoms with Crippen LogP contribution in [0.5, 0.6) is 0 Å². The molecule has 2 aromatic rings. The molecule has 0 bridgehead atoms. The van der Waals surface area contributed by atoms with E-state index in [2.05, 4.69) is 22.3 Å². The van der Waals surface area contributed by atoms with Gasteiger partial charge in [0.05, 0.1) is 5.69 Å². The lowest BCUT2D eigenvalue weighted by molar-refractivity contribution is -0.133. The molecule has 1 aliphatic rings. The Labute approximate surface area is 181 Å². The number of hydrogen-bond acceptors (Lipinski definition) is 3. The van der Waals surface area contributed by atoms with Crippen molar-refractivity contribution < 1.29 is 14.0 Å². The molecule has 5 nitrogen and oxygen atoms in total. The number of rotatable bonds is 8. The van der Waals surface area contributed by atoms with E-state index in [1.807, 2.05) is 23.1 Å². The van der Waals surface area contributed by atoms with E-state index in [1.54, 1.807) is 0 Å². The number of hydrogen-bond donors (Lipinski definition) is 1. The van der Waals surface area contributed by atoms with E-state index >= 15 is 0 Å². The van der Waals surface area contributed by atoms with Gasteiger partial charge in [0.25, 0.3) is 0 Å². The zero-order valence-corrected chi connectivity index (χ0v) is 17.7. The highest BCUT2D eigenvalue weighted by molar-refractivity contribution is 6.30. The third-order valence-electron chi connectivity index (χ3n) is 5.28. The molecule has 0 spiro atoms. The van der Waals surface area contributed by atoms with Gasteiger partial charge in [-0.1, -0.05) is 41.9 Å². The minimum atomic E-state index is -0.546. The number of carbonyl (C=O) groups is 2. The Morgan fingerprint density at radius 1 is 1.00 bits per heavy atom. The van der Waals surface area contributed by atoms with Crippen LogP contribution in [0.4, 0.5) is 10.1 Å². The monoisotopic (exact) mass is 431 g/mol. The predicted molar refractivity (Wildman–Crippen MR) is 117 cm³/mol. The number of amides is 2. The van der Waals surface area contributed by atoms with Crippen LogP contribution >= 0.6 is 11.6 Å². The molecular weight excluding hydrogens is 405 g/mol. The zero-order chi connectivity index (χ0) is 21.3. The summed E-state index contributed by atoms with van der Waals surface area (Å²) < 4.78 is 13.8. The molecule has 3 rings (SSSR count). The largest absolute Gasteiger partial charge is 0.340 e. The summed E-state index contributed by atoms with van der Waals surface area (Å²) in [5.41, 5.74) is 1.39. The third kappa shape index (κ3) is 6.82. The van der Waals surface area contributed by atoms with Gasteiger partial charge in [-0.25, -0.2) is 4.39 Å². The highest BCUT2D eigenvalue weighted by Gasteiger charge is 2.21. The first kappa shape index (κ1) is 22.2. The SMILES string of the molecule is O=C(CCN1CCN(C(=O)CCCc2ccccc2)CC1)Nc1ccc(Cl)cc1F. The molecular formula is C23H27ClFN3O2. The molecule has 1 heterocycles. The normalized spacial score (nSPS) is 14.5. The van der Waals surface area contributed by atoms with Crippen molar-refractivity contribution in [2.45, 2.75) is 25.7 Å². The van der Waals surface area contributed by atoms with Gasteiger partial charge >= 0.3 is 0 Å². The fraction of sp³-hybridized carbons (Fsp3) is 0.391. The maximum absolute atomic E-state index is 13.8. The van der Waals surface area contributed by atoms with E-state index in [9.17, 15) is 14.0 Å². The van der Waals surface area contributed by atoms with Gasteiger partial charge in [0.15, 0.2) is 0 Å². The lowest BCUT2D eigenvalue weighted by Crippen LogP contribution is -2.49. The van der Waals surface area contributed by atoms with Crippen molar-refractivity contribution in [3.63, 3.8) is 0 Å². The first-order valence-corrected chi connectivity index (χ1v) is 10.7. The second-order valence-corrected chi connectivity index (χ2v) is 7.92. The summed E-state index contributed by atoms with van der Waals surface area (Å²) in [4.78, 5) is 28.6. The van der Waals surface area contributed by atoms with Crippen molar-refractivity contribution in [1.82, 2.24) is 9.80 Å². The second kappa shape index (κ2) is 11.1. The van der Waals surface area contributed by atoms with E-state index in [1.165, 1.54) is 23.8 Å². The average molecular weight is 432 g/mol. The van der Waals surface area contributed by atoms with Crippen LogP contribution in [0.2, 0.25) is 5.02 Å². The van der Waals surface area contributed by atoms with Gasteiger partial charge in [-0.15, -0.1) is 0 Å². The number of benzene rings is 2. The molecule has 160 valence electrons. The van der Waals surface area contributed by atoms with Crippen LogP contribution < -0.4 is 5.32 Å². The molecule has 0 atom stereocenters. The summed E-state index contributed by atoms with van der Waals surface area (Å²) in [6.45, 7) is 3.42. The van der Waals surface area contributed by atoms with Gasteiger partial charge in [-0.2, -0.15) is 0 Å². The summed E-state index contributed by atoms with van der Waals surface area (Å²) in [6.07, 6.45) is 2.59. The van der Waals surface area contributed by atoms with E-state index < -0.39 is 5.82 Å². The van der Waals surface area contributed by atoms with Crippen LogP contribution in [0.15, 0.2) is 48.5 Å². The van der Waals surface area contributed by atoms with Crippen LogP contribution in [-0.2, 0) is 16.0 Å². The number of carbonyl (C=O) groups excluding carboxylic acids is 2. The minimum Gasteiger partial charge on any atom is -0.340 e. The molecule has 1 N–H and O–H groups in total. The number of nitrogens with one attached hydrogen (secondary N) is 1. The lowest BCUT2D eigenvalue weighted by atomic mass is 10.1. The summed E-state index contributed by atoms with van der Waals surface area (Å²) >= 11 is 5.72. The first-order chi connectivity index (χ1) is 14.5. The van der Waals surface area contributed by atoms with Gasteiger partial charge in [0.2, 0.25) is 11.8 Å². The molecule has 1 saturated heterocycles. The molecule has 1 aliphatic heterocycles. The Balaban J connectivity index is 1.33. The number of nitrogens with zero attached hydrogens (tertiary/aromatic N) is 2. The van der Waals surface area contributed by atoms with Crippen LogP contribution in [-0.4, -0.2) is 54.3 Å².